The van der Waals surface area contributed by atoms with E-state index in [1.807, 2.05) is 17.0 Å². The van der Waals surface area contributed by atoms with E-state index in [0.29, 0.717) is 18.1 Å². The van der Waals surface area contributed by atoms with Crippen LogP contribution in [0.4, 0.5) is 0 Å². The lowest BCUT2D eigenvalue weighted by molar-refractivity contribution is -0.134. The van der Waals surface area contributed by atoms with Crippen LogP contribution in [0.25, 0.3) is 0 Å². The fraction of sp³-hybridized carbons (Fsp3) is 0.588. The van der Waals surface area contributed by atoms with Gasteiger partial charge in [-0.05, 0) is 30.0 Å². The lowest BCUT2D eigenvalue weighted by atomic mass is 10.0. The Labute approximate surface area is 131 Å². The number of nitrogens with zero attached hydrogens (tertiary/aromatic N) is 2. The highest BCUT2D eigenvalue weighted by Gasteiger charge is 2.25. The van der Waals surface area contributed by atoms with Crippen molar-refractivity contribution in [3.8, 4) is 5.75 Å². The molecule has 2 saturated heterocycles. The number of ether oxygens (including phenoxy) is 1. The molecule has 1 unspecified atom stereocenters. The Kier molecular flexibility index (Phi) is 4.95. The molecule has 2 fully saturated rings. The molecule has 1 aromatic carbocycles. The van der Waals surface area contributed by atoms with Gasteiger partial charge in [-0.25, -0.2) is 0 Å². The summed E-state index contributed by atoms with van der Waals surface area (Å²) in [5.74, 6) is 0.996. The maximum absolute atomic E-state index is 12.3. The number of phenolic OH excluding ortho intramolecular Hbond substituents is 1. The highest BCUT2D eigenvalue weighted by Crippen LogP contribution is 2.19. The Morgan fingerprint density at radius 3 is 2.77 bits per heavy atom. The molecule has 22 heavy (non-hydrogen) atoms. The fourth-order valence-corrected chi connectivity index (χ4v) is 3.19. The number of rotatable bonds is 4. The topological polar surface area (TPSA) is 53.0 Å². The number of hydrogen-bond acceptors (Lipinski definition) is 4. The van der Waals surface area contributed by atoms with Crippen molar-refractivity contribution in [3.63, 3.8) is 0 Å². The van der Waals surface area contributed by atoms with Crippen LogP contribution >= 0.6 is 0 Å². The smallest absolute Gasteiger partial charge is 0.223 e. The van der Waals surface area contributed by atoms with Gasteiger partial charge in [-0.2, -0.15) is 0 Å². The number of carbonyl (C=O) groups is 1. The third-order valence-corrected chi connectivity index (χ3v) is 4.53. The number of phenols is 1. The van der Waals surface area contributed by atoms with Gasteiger partial charge < -0.3 is 14.7 Å². The third-order valence-electron chi connectivity index (χ3n) is 4.53. The summed E-state index contributed by atoms with van der Waals surface area (Å²) < 4.78 is 5.34. The molecular formula is C17H24N2O3. The van der Waals surface area contributed by atoms with E-state index in [-0.39, 0.29) is 5.91 Å². The molecule has 0 saturated carbocycles. The van der Waals surface area contributed by atoms with Gasteiger partial charge >= 0.3 is 0 Å². The zero-order chi connectivity index (χ0) is 15.4. The summed E-state index contributed by atoms with van der Waals surface area (Å²) in [4.78, 5) is 16.6. The number of benzene rings is 1. The summed E-state index contributed by atoms with van der Waals surface area (Å²) in [6.07, 6.45) is 1.65. The van der Waals surface area contributed by atoms with E-state index in [1.54, 1.807) is 12.1 Å². The van der Waals surface area contributed by atoms with Crippen molar-refractivity contribution < 1.29 is 14.6 Å². The second-order valence-corrected chi connectivity index (χ2v) is 6.26. The molecule has 0 spiro atoms. The maximum Gasteiger partial charge on any atom is 0.223 e. The molecule has 0 aliphatic carbocycles. The molecule has 5 nitrogen and oxygen atoms in total. The summed E-state index contributed by atoms with van der Waals surface area (Å²) in [5.41, 5.74) is 1.11. The number of amides is 1. The first-order valence-corrected chi connectivity index (χ1v) is 8.06. The van der Waals surface area contributed by atoms with Gasteiger partial charge in [0.2, 0.25) is 5.91 Å². The average Bonchev–Trinajstić information content (AvgIpc) is 3.01. The Bertz CT molecular complexity index is 506. The molecule has 1 amide bonds. The predicted octanol–water partition coefficient (Wildman–Crippen LogP) is 1.46. The molecule has 0 aromatic heterocycles. The molecule has 2 aliphatic rings. The van der Waals surface area contributed by atoms with Crippen molar-refractivity contribution in [2.24, 2.45) is 5.92 Å². The van der Waals surface area contributed by atoms with Crippen molar-refractivity contribution in [1.29, 1.82) is 0 Å². The monoisotopic (exact) mass is 304 g/mol. The van der Waals surface area contributed by atoms with Crippen LogP contribution in [-0.2, 0) is 16.1 Å². The molecule has 0 bridgehead atoms. The Hall–Kier alpha value is -1.59. The zero-order valence-electron chi connectivity index (χ0n) is 12.9. The predicted molar refractivity (Wildman–Crippen MR) is 83.5 cm³/mol. The summed E-state index contributed by atoms with van der Waals surface area (Å²) >= 11 is 0. The van der Waals surface area contributed by atoms with Crippen LogP contribution in [0, 0.1) is 5.92 Å². The standard InChI is InChI=1S/C17H24N2O3/c20-16-3-1-2-14(10-16)12-18-5-7-19(8-6-18)17(21)11-15-4-9-22-13-15/h1-3,10,15,20H,4-9,11-13H2. The van der Waals surface area contributed by atoms with Crippen LogP contribution < -0.4 is 0 Å². The quantitative estimate of drug-likeness (QED) is 0.915. The molecular weight excluding hydrogens is 280 g/mol. The van der Waals surface area contributed by atoms with Gasteiger partial charge in [0.25, 0.3) is 0 Å². The van der Waals surface area contributed by atoms with Gasteiger partial charge in [-0.3, -0.25) is 9.69 Å². The van der Waals surface area contributed by atoms with Crippen molar-refractivity contribution in [2.45, 2.75) is 19.4 Å². The van der Waals surface area contributed by atoms with Gasteiger partial charge in [-0.1, -0.05) is 12.1 Å². The van der Waals surface area contributed by atoms with E-state index in [1.165, 1.54) is 0 Å². The molecule has 3 rings (SSSR count). The molecule has 0 radical (unpaired) electrons. The maximum atomic E-state index is 12.3. The number of aromatic hydroxyl groups is 1. The summed E-state index contributed by atoms with van der Waals surface area (Å²) in [6, 6.07) is 7.38. The first kappa shape index (κ1) is 15.3. The minimum Gasteiger partial charge on any atom is -0.508 e. The van der Waals surface area contributed by atoms with Gasteiger partial charge in [-0.15, -0.1) is 0 Å². The SMILES string of the molecule is O=C(CC1CCOC1)N1CCN(Cc2cccc(O)c2)CC1. The molecule has 1 N–H and O–H groups in total. The van der Waals surface area contributed by atoms with Gasteiger partial charge in [0.1, 0.15) is 5.75 Å². The molecule has 2 heterocycles. The Morgan fingerprint density at radius 1 is 1.27 bits per heavy atom. The molecule has 1 aromatic rings. The largest absolute Gasteiger partial charge is 0.508 e. The molecule has 2 aliphatic heterocycles. The van der Waals surface area contributed by atoms with Crippen LogP contribution in [0.2, 0.25) is 0 Å². The van der Waals surface area contributed by atoms with E-state index in [4.69, 9.17) is 4.74 Å². The van der Waals surface area contributed by atoms with Gasteiger partial charge in [0.15, 0.2) is 0 Å². The molecule has 1 atom stereocenters. The van der Waals surface area contributed by atoms with Crippen LogP contribution in [0.1, 0.15) is 18.4 Å². The normalized spacial score (nSPS) is 22.9. The molecule has 5 heteroatoms. The zero-order valence-corrected chi connectivity index (χ0v) is 12.9. The third kappa shape index (κ3) is 3.99. The highest BCUT2D eigenvalue weighted by molar-refractivity contribution is 5.76. The summed E-state index contributed by atoms with van der Waals surface area (Å²) in [7, 11) is 0. The lowest BCUT2D eigenvalue weighted by Crippen LogP contribution is -2.48. The first-order valence-electron chi connectivity index (χ1n) is 8.06. The van der Waals surface area contributed by atoms with Crippen molar-refractivity contribution in [2.75, 3.05) is 39.4 Å². The van der Waals surface area contributed by atoms with E-state index in [2.05, 4.69) is 4.90 Å². The van der Waals surface area contributed by atoms with Gasteiger partial charge in [0, 0.05) is 52.4 Å². The summed E-state index contributed by atoms with van der Waals surface area (Å²) in [5, 5.41) is 9.51. The highest BCUT2D eigenvalue weighted by atomic mass is 16.5. The second kappa shape index (κ2) is 7.11. The Morgan fingerprint density at radius 2 is 2.09 bits per heavy atom. The van der Waals surface area contributed by atoms with Gasteiger partial charge in [0.05, 0.1) is 0 Å². The number of hydrogen-bond donors (Lipinski definition) is 1. The second-order valence-electron chi connectivity index (χ2n) is 6.26. The van der Waals surface area contributed by atoms with Crippen molar-refractivity contribution in [3.05, 3.63) is 29.8 Å². The molecule has 120 valence electrons. The minimum absolute atomic E-state index is 0.271. The van der Waals surface area contributed by atoms with Crippen molar-refractivity contribution in [1.82, 2.24) is 9.80 Å². The average molecular weight is 304 g/mol. The van der Waals surface area contributed by atoms with Crippen LogP contribution in [0.5, 0.6) is 5.75 Å². The van der Waals surface area contributed by atoms with Crippen LogP contribution in [0.3, 0.4) is 0 Å². The fourth-order valence-electron chi connectivity index (χ4n) is 3.19. The van der Waals surface area contributed by atoms with E-state index in [0.717, 1.165) is 57.9 Å². The van der Waals surface area contributed by atoms with E-state index in [9.17, 15) is 9.90 Å². The first-order chi connectivity index (χ1) is 10.7. The minimum atomic E-state index is 0.271. The van der Waals surface area contributed by atoms with Crippen LogP contribution in [0.15, 0.2) is 24.3 Å². The number of carbonyl (C=O) groups excluding carboxylic acids is 1. The number of piperazine rings is 1. The van der Waals surface area contributed by atoms with Crippen molar-refractivity contribution >= 4 is 5.91 Å². The van der Waals surface area contributed by atoms with E-state index >= 15 is 0 Å². The summed E-state index contributed by atoms with van der Waals surface area (Å²) in [6.45, 7) is 5.74. The van der Waals surface area contributed by atoms with E-state index < -0.39 is 0 Å². The van der Waals surface area contributed by atoms with Crippen LogP contribution in [-0.4, -0.2) is 60.2 Å². The lowest BCUT2D eigenvalue weighted by Gasteiger charge is -2.35. The Balaban J connectivity index is 1.44.